The highest BCUT2D eigenvalue weighted by molar-refractivity contribution is 5.93. The van der Waals surface area contributed by atoms with Crippen LogP contribution in [0.4, 0.5) is 5.69 Å². The fourth-order valence-corrected chi connectivity index (χ4v) is 2.71. The van der Waals surface area contributed by atoms with Gasteiger partial charge in [0.25, 0.3) is 0 Å². The highest BCUT2D eigenvalue weighted by Gasteiger charge is 2.31. The zero-order chi connectivity index (χ0) is 14.4. The van der Waals surface area contributed by atoms with Crippen molar-refractivity contribution >= 4 is 11.6 Å². The van der Waals surface area contributed by atoms with Gasteiger partial charge in [-0.1, -0.05) is 6.42 Å². The average molecular weight is 277 g/mol. The predicted molar refractivity (Wildman–Crippen MR) is 79.5 cm³/mol. The summed E-state index contributed by atoms with van der Waals surface area (Å²) in [5.74, 6) is 1.21. The molecule has 2 atom stereocenters. The standard InChI is InChI=1S/C15H23N3O2/c16-8-9-20-13-6-4-12(5-7-13)18-15(19)14-3-1-2-11(14)10-17/h4-7,11,14H,1-3,8-10,16-17H2,(H,18,19)/t11-,14-/m1/s1. The van der Waals surface area contributed by atoms with E-state index in [1.807, 2.05) is 24.3 Å². The van der Waals surface area contributed by atoms with Crippen LogP contribution in [0.3, 0.4) is 0 Å². The summed E-state index contributed by atoms with van der Waals surface area (Å²) in [5.41, 5.74) is 11.9. The molecule has 1 aliphatic rings. The smallest absolute Gasteiger partial charge is 0.227 e. The molecule has 0 unspecified atom stereocenters. The molecule has 0 spiro atoms. The number of hydrogen-bond acceptors (Lipinski definition) is 4. The van der Waals surface area contributed by atoms with Crippen LogP contribution < -0.4 is 21.5 Å². The Labute approximate surface area is 119 Å². The van der Waals surface area contributed by atoms with Gasteiger partial charge < -0.3 is 21.5 Å². The van der Waals surface area contributed by atoms with Gasteiger partial charge in [0.15, 0.2) is 0 Å². The summed E-state index contributed by atoms with van der Waals surface area (Å²) >= 11 is 0. The van der Waals surface area contributed by atoms with Gasteiger partial charge in [0.05, 0.1) is 0 Å². The number of rotatable bonds is 6. The summed E-state index contributed by atoms with van der Waals surface area (Å²) in [6, 6.07) is 7.35. The molecular weight excluding hydrogens is 254 g/mol. The van der Waals surface area contributed by atoms with Crippen LogP contribution in [0.25, 0.3) is 0 Å². The zero-order valence-corrected chi connectivity index (χ0v) is 11.7. The number of ether oxygens (including phenoxy) is 1. The lowest BCUT2D eigenvalue weighted by Gasteiger charge is -2.17. The van der Waals surface area contributed by atoms with Crippen molar-refractivity contribution in [3.63, 3.8) is 0 Å². The minimum atomic E-state index is 0.0492. The Balaban J connectivity index is 1.90. The maximum Gasteiger partial charge on any atom is 0.227 e. The zero-order valence-electron chi connectivity index (χ0n) is 11.7. The van der Waals surface area contributed by atoms with Gasteiger partial charge in [-0.05, 0) is 49.6 Å². The number of anilines is 1. The van der Waals surface area contributed by atoms with E-state index in [1.165, 1.54) is 0 Å². The molecule has 0 aromatic heterocycles. The molecule has 0 saturated heterocycles. The molecule has 1 aliphatic carbocycles. The third-order valence-electron chi connectivity index (χ3n) is 3.81. The van der Waals surface area contributed by atoms with Crippen molar-refractivity contribution in [2.45, 2.75) is 19.3 Å². The first-order chi connectivity index (χ1) is 9.74. The average Bonchev–Trinajstić information content (AvgIpc) is 2.95. The first-order valence-electron chi connectivity index (χ1n) is 7.18. The van der Waals surface area contributed by atoms with Crippen molar-refractivity contribution in [2.75, 3.05) is 25.0 Å². The maximum atomic E-state index is 12.2. The van der Waals surface area contributed by atoms with Gasteiger partial charge in [-0.2, -0.15) is 0 Å². The normalized spacial score (nSPS) is 21.7. The van der Waals surface area contributed by atoms with Gasteiger partial charge in [0.1, 0.15) is 12.4 Å². The largest absolute Gasteiger partial charge is 0.492 e. The Hall–Kier alpha value is -1.59. The van der Waals surface area contributed by atoms with Gasteiger partial charge in [-0.15, -0.1) is 0 Å². The van der Waals surface area contributed by atoms with E-state index in [-0.39, 0.29) is 11.8 Å². The Morgan fingerprint density at radius 2 is 2.00 bits per heavy atom. The molecule has 0 aliphatic heterocycles. The molecule has 1 amide bonds. The van der Waals surface area contributed by atoms with Crippen molar-refractivity contribution < 1.29 is 9.53 Å². The molecule has 5 nitrogen and oxygen atoms in total. The van der Waals surface area contributed by atoms with E-state index in [4.69, 9.17) is 16.2 Å². The third-order valence-corrected chi connectivity index (χ3v) is 3.81. The fraction of sp³-hybridized carbons (Fsp3) is 0.533. The second kappa shape index (κ2) is 7.26. The van der Waals surface area contributed by atoms with Gasteiger partial charge in [-0.25, -0.2) is 0 Å². The summed E-state index contributed by atoms with van der Waals surface area (Å²) in [6.45, 7) is 1.57. The van der Waals surface area contributed by atoms with Gasteiger partial charge in [0, 0.05) is 18.2 Å². The molecule has 1 aromatic rings. The number of benzene rings is 1. The summed E-state index contributed by atoms with van der Waals surface area (Å²) in [4.78, 5) is 12.2. The molecule has 1 aromatic carbocycles. The van der Waals surface area contributed by atoms with Crippen LogP contribution in [0.2, 0.25) is 0 Å². The van der Waals surface area contributed by atoms with E-state index in [9.17, 15) is 4.79 Å². The Morgan fingerprint density at radius 1 is 1.25 bits per heavy atom. The minimum Gasteiger partial charge on any atom is -0.492 e. The first-order valence-corrected chi connectivity index (χ1v) is 7.18. The van der Waals surface area contributed by atoms with Gasteiger partial charge >= 0.3 is 0 Å². The molecular formula is C15H23N3O2. The molecule has 2 rings (SSSR count). The van der Waals surface area contributed by atoms with E-state index in [1.54, 1.807) is 0 Å². The van der Waals surface area contributed by atoms with E-state index in [0.29, 0.717) is 25.6 Å². The molecule has 1 saturated carbocycles. The van der Waals surface area contributed by atoms with Gasteiger partial charge in [0.2, 0.25) is 5.91 Å². The number of nitrogens with one attached hydrogen (secondary N) is 1. The maximum absolute atomic E-state index is 12.2. The number of carbonyl (C=O) groups is 1. The van der Waals surface area contributed by atoms with Gasteiger partial charge in [-0.3, -0.25) is 4.79 Å². The monoisotopic (exact) mass is 277 g/mol. The second-order valence-corrected chi connectivity index (χ2v) is 5.18. The highest BCUT2D eigenvalue weighted by Crippen LogP contribution is 2.32. The minimum absolute atomic E-state index is 0.0492. The summed E-state index contributed by atoms with van der Waals surface area (Å²) < 4.78 is 5.40. The van der Waals surface area contributed by atoms with E-state index in [2.05, 4.69) is 5.32 Å². The number of carbonyl (C=O) groups excluding carboxylic acids is 1. The van der Waals surface area contributed by atoms with E-state index >= 15 is 0 Å². The molecule has 0 bridgehead atoms. The van der Waals surface area contributed by atoms with Crippen molar-refractivity contribution in [2.24, 2.45) is 23.3 Å². The third kappa shape index (κ3) is 3.71. The second-order valence-electron chi connectivity index (χ2n) is 5.18. The lowest BCUT2D eigenvalue weighted by Crippen LogP contribution is -2.29. The highest BCUT2D eigenvalue weighted by atomic mass is 16.5. The topological polar surface area (TPSA) is 90.4 Å². The number of hydrogen-bond donors (Lipinski definition) is 3. The molecule has 1 fully saturated rings. The lowest BCUT2D eigenvalue weighted by atomic mass is 9.95. The molecule has 5 N–H and O–H groups in total. The summed E-state index contributed by atoms with van der Waals surface area (Å²) in [5, 5.41) is 2.96. The van der Waals surface area contributed by atoms with Crippen LogP contribution in [-0.4, -0.2) is 25.6 Å². The van der Waals surface area contributed by atoms with Crippen molar-refractivity contribution in [1.29, 1.82) is 0 Å². The number of amides is 1. The fourth-order valence-electron chi connectivity index (χ4n) is 2.71. The van der Waals surface area contributed by atoms with Crippen LogP contribution >= 0.6 is 0 Å². The number of nitrogens with two attached hydrogens (primary N) is 2. The lowest BCUT2D eigenvalue weighted by molar-refractivity contribution is -0.120. The van der Waals surface area contributed by atoms with Crippen LogP contribution in [0, 0.1) is 11.8 Å². The Kier molecular flexibility index (Phi) is 5.38. The van der Waals surface area contributed by atoms with Crippen LogP contribution in [-0.2, 0) is 4.79 Å². The summed E-state index contributed by atoms with van der Waals surface area (Å²) in [6.07, 6.45) is 3.08. The molecule has 0 heterocycles. The molecule has 5 heteroatoms. The SMILES string of the molecule is NCCOc1ccc(NC(=O)[C@@H]2CCC[C@@H]2CN)cc1. The van der Waals surface area contributed by atoms with Crippen LogP contribution in [0.1, 0.15) is 19.3 Å². The molecule has 0 radical (unpaired) electrons. The Morgan fingerprint density at radius 3 is 2.65 bits per heavy atom. The van der Waals surface area contributed by atoms with Crippen molar-refractivity contribution in [3.8, 4) is 5.75 Å². The Bertz CT molecular complexity index is 433. The van der Waals surface area contributed by atoms with Crippen molar-refractivity contribution in [3.05, 3.63) is 24.3 Å². The quantitative estimate of drug-likeness (QED) is 0.732. The first kappa shape index (κ1) is 14.8. The summed E-state index contributed by atoms with van der Waals surface area (Å²) in [7, 11) is 0. The van der Waals surface area contributed by atoms with Crippen LogP contribution in [0.5, 0.6) is 5.75 Å². The molecule has 110 valence electrons. The predicted octanol–water partition coefficient (Wildman–Crippen LogP) is 1.34. The van der Waals surface area contributed by atoms with E-state index in [0.717, 1.165) is 30.7 Å². The molecule has 20 heavy (non-hydrogen) atoms. The van der Waals surface area contributed by atoms with Crippen molar-refractivity contribution in [1.82, 2.24) is 0 Å². The van der Waals surface area contributed by atoms with Crippen LogP contribution in [0.15, 0.2) is 24.3 Å². The van der Waals surface area contributed by atoms with E-state index < -0.39 is 0 Å².